The van der Waals surface area contributed by atoms with E-state index in [1.165, 1.54) is 21.3 Å². The fourth-order valence-corrected chi connectivity index (χ4v) is 13.0. The molecule has 0 amide bonds. The first-order chi connectivity index (χ1) is 40.1. The Morgan fingerprint density at radius 1 is 0.736 bits per heavy atom. The molecule has 0 aromatic carbocycles. The average molecular weight is 1430 g/mol. The predicted octanol–water partition coefficient (Wildman–Crippen LogP) is 9.21. The van der Waals surface area contributed by atoms with Crippen molar-refractivity contribution in [3.63, 3.8) is 0 Å². The van der Waals surface area contributed by atoms with Crippen LogP contribution in [0.25, 0.3) is 5.53 Å². The number of rotatable bonds is 27. The maximum atomic E-state index is 13.1. The molecule has 0 bridgehead atoms. The van der Waals surface area contributed by atoms with Crippen LogP contribution in [0.1, 0.15) is 136 Å². The quantitative estimate of drug-likeness (QED) is 0.0147. The summed E-state index contributed by atoms with van der Waals surface area (Å²) < 4.78 is 93.6. The predicted molar refractivity (Wildman–Crippen MR) is 332 cm³/mol. The first-order valence-corrected chi connectivity index (χ1v) is 40.1. The number of halogens is 2. The van der Waals surface area contributed by atoms with Crippen LogP contribution < -0.4 is 0 Å². The summed E-state index contributed by atoms with van der Waals surface area (Å²) in [6, 6.07) is 0.481. The number of hydrogen-bond acceptors (Lipinski definition) is 22. The van der Waals surface area contributed by atoms with E-state index in [4.69, 9.17) is 70.7 Å². The molecule has 2 unspecified atom stereocenters. The van der Waals surface area contributed by atoms with Gasteiger partial charge in [0.1, 0.15) is 30.7 Å². The summed E-state index contributed by atoms with van der Waals surface area (Å²) in [4.78, 5) is 56.9. The summed E-state index contributed by atoms with van der Waals surface area (Å²) in [5, 5.41) is 19.0. The number of aldehydes is 1. The molecule has 24 nitrogen and oxygen atoms in total. The zero-order valence-corrected chi connectivity index (χ0v) is 62.0. The number of carbonyl (C=O) groups excluding carboxylic acids is 4. The van der Waals surface area contributed by atoms with Crippen LogP contribution in [-0.4, -0.2) is 221 Å². The van der Waals surface area contributed by atoms with Gasteiger partial charge in [-0.3, -0.25) is 4.79 Å². The maximum absolute atomic E-state index is 13.1. The Bertz CT molecular complexity index is 2440. The normalized spacial score (nSPS) is 27.3. The second-order valence-corrected chi connectivity index (χ2v) is 34.2. The van der Waals surface area contributed by atoms with Gasteiger partial charge in [0.2, 0.25) is 11.6 Å². The molecule has 0 aliphatic carbocycles. The number of ether oxygens (including phenoxy) is 10. The molecule has 0 saturated carbocycles. The second-order valence-electron chi connectivity index (χ2n) is 25.0. The fourth-order valence-electron chi connectivity index (χ4n) is 11.4. The van der Waals surface area contributed by atoms with Crippen molar-refractivity contribution < 1.29 is 99.7 Å². The van der Waals surface area contributed by atoms with Crippen molar-refractivity contribution in [2.45, 2.75) is 208 Å². The molecule has 4 heterocycles. The zero-order valence-electron chi connectivity index (χ0n) is 55.9. The number of carbonyl (C=O) groups is 4. The van der Waals surface area contributed by atoms with E-state index in [9.17, 15) is 38.5 Å². The average Bonchev–Trinajstić information content (AvgIpc) is 0.929. The number of methoxy groups -OCH3 is 2. The topological polar surface area (TPSA) is 297 Å². The molecular formula is C58H104Cl2N4O20P2Sn. The first-order valence-electron chi connectivity index (χ1n) is 29.0. The Labute approximate surface area is 535 Å². The van der Waals surface area contributed by atoms with Crippen LogP contribution in [0.15, 0.2) is 22.7 Å². The zero-order chi connectivity index (χ0) is 67.5. The summed E-state index contributed by atoms with van der Waals surface area (Å²) in [6.07, 6.45) is -1.10. The van der Waals surface area contributed by atoms with E-state index < -0.39 is 124 Å². The van der Waals surface area contributed by atoms with Gasteiger partial charge >= 0.3 is 62.2 Å². The summed E-state index contributed by atoms with van der Waals surface area (Å²) >= 11 is -0.826. The van der Waals surface area contributed by atoms with Crippen LogP contribution >= 0.6 is 32.6 Å². The number of Topliss-reactive ketones (excluding diaryl/α,β-unsaturated/α-hetero) is 1. The van der Waals surface area contributed by atoms with Crippen molar-refractivity contribution in [1.82, 2.24) is 9.80 Å². The summed E-state index contributed by atoms with van der Waals surface area (Å²) in [5.74, 6) is -3.63. The van der Waals surface area contributed by atoms with Crippen LogP contribution in [-0.2, 0) is 84.7 Å². The molecule has 4 rings (SSSR count). The minimum atomic E-state index is -3.43. The van der Waals surface area contributed by atoms with Gasteiger partial charge in [0.25, 0.3) is 0 Å². The van der Waals surface area contributed by atoms with Gasteiger partial charge in [0.15, 0.2) is 12.6 Å². The molecule has 2 N–H and O–H groups in total. The Morgan fingerprint density at radius 2 is 1.09 bits per heavy atom. The molecule has 2 fully saturated rings. The molecular weight excluding hydrogens is 1320 g/mol. The van der Waals surface area contributed by atoms with Gasteiger partial charge in [-0.25, -0.2) is 14.2 Å². The molecule has 0 aromatic rings. The molecule has 0 aromatic heterocycles. The Morgan fingerprint density at radius 3 is 1.38 bits per heavy atom. The number of aliphatic hydroxyl groups is 2. The van der Waals surface area contributed by atoms with Gasteiger partial charge < -0.3 is 91.3 Å². The third-order valence-electron chi connectivity index (χ3n) is 16.3. The van der Waals surface area contributed by atoms with Crippen LogP contribution in [0.2, 0.25) is 0 Å². The van der Waals surface area contributed by atoms with Crippen molar-refractivity contribution in [1.29, 1.82) is 0 Å². The molecule has 0 spiro atoms. The second kappa shape index (κ2) is 36.5. The van der Waals surface area contributed by atoms with E-state index in [-0.39, 0.29) is 60.2 Å². The third kappa shape index (κ3) is 24.2. The molecule has 16 atom stereocenters. The Kier molecular flexibility index (Phi) is 34.9. The summed E-state index contributed by atoms with van der Waals surface area (Å²) in [7, 11) is 17.0. The van der Waals surface area contributed by atoms with E-state index in [1.54, 1.807) is 55.6 Å². The molecule has 4 aliphatic heterocycles. The number of esters is 2. The molecule has 2 saturated heterocycles. The van der Waals surface area contributed by atoms with Crippen molar-refractivity contribution in [3.05, 3.63) is 28.2 Å². The van der Waals surface area contributed by atoms with E-state index in [1.807, 2.05) is 55.6 Å². The van der Waals surface area contributed by atoms with Crippen molar-refractivity contribution in [2.24, 2.45) is 35.5 Å². The summed E-state index contributed by atoms with van der Waals surface area (Å²) in [6.45, 7) is 29.5. The van der Waals surface area contributed by atoms with Gasteiger partial charge in [-0.05, 0) is 95.4 Å². The van der Waals surface area contributed by atoms with Crippen molar-refractivity contribution in [2.75, 3.05) is 75.5 Å². The molecule has 87 heavy (non-hydrogen) atoms. The standard InChI is InChI=1S/C29H52NO10P.C26H45NO7.C3H7N2O3P.2ClH.Sn/c1-17(23(33)14-41(35,15-31)16-32)13-29(8,36-11)25(20(4)24-21(5)26(34)40-28(6,7)39-24)38-27-19(3)22(30(9)10)12-18(2)37-27;1-15(14-28)13-26(8,30-11)22(18(4)21-19(5)23(29)34-25(6,7)33-21)32-24-17(3)20(27(9)10)12-16(2)31-24;1-7-9(6,8-2)3-5-4;;;/h17-20,22,25,27,31-32H,12-16H2,1-11H3;14-18,20,22,24H,12-13H2,1-11H3;3H,1-2H3;2*1H;/q;;;;;+2/p-2/t17-,18-,19-,20+,22?,25-,27+,29-;15-,16-,17-,18+,20?,22-,24+,26-;;;;/m11..../s1. The van der Waals surface area contributed by atoms with Gasteiger partial charge in [0, 0.05) is 104 Å². The molecule has 4 aliphatic rings. The van der Waals surface area contributed by atoms with Gasteiger partial charge in [-0.2, -0.15) is 4.79 Å². The SMILES string of the molecule is COP(=O)(C=[N+]=[N-])OC.CO[C@](C)(C[C@@H](C)C(=O)CP(=O)(CO)CO)[C@H](O[C@@H]1O[C@H](C)CC(N(C)C)[C@H]1C)[C@@H](C)C1=C(C)C(=O)OC(C)(C)O1.CO[C@](C)(C[C@@H](C)C=O)[C@H](O[C@@H]1O[C@H](C)CC(N(C)C)[C@H]1C)[C@@H](C)C1=C(C)C(=O)OC(C)(C)O1.[Cl][Sn][Cl]. The van der Waals surface area contributed by atoms with Crippen molar-refractivity contribution in [3.8, 4) is 0 Å². The number of ketones is 1. The monoisotopic (exact) mass is 1430 g/mol. The fraction of sp³-hybridized carbons (Fsp3) is 0.845. The van der Waals surface area contributed by atoms with Crippen LogP contribution in [0, 0.1) is 35.5 Å². The van der Waals surface area contributed by atoms with Crippen LogP contribution in [0.5, 0.6) is 0 Å². The summed E-state index contributed by atoms with van der Waals surface area (Å²) in [5.41, 5.74) is 6.67. The molecule has 2 radical (unpaired) electrons. The third-order valence-corrected chi connectivity index (χ3v) is 19.7. The van der Waals surface area contributed by atoms with E-state index in [0.717, 1.165) is 19.1 Å². The minimum absolute atomic E-state index is 0.0141. The van der Waals surface area contributed by atoms with E-state index in [0.29, 0.717) is 35.0 Å². The number of aliphatic hydroxyl groups excluding tert-OH is 2. The Hall–Kier alpha value is -1.90. The number of nitrogens with zero attached hydrogens (tertiary/aromatic N) is 4. The molecule has 29 heteroatoms. The number of hydrogen-bond donors (Lipinski definition) is 2. The van der Waals surface area contributed by atoms with E-state index >= 15 is 0 Å². The van der Waals surface area contributed by atoms with E-state index in [2.05, 4.69) is 58.5 Å². The van der Waals surface area contributed by atoms with Gasteiger partial charge in [0.05, 0.1) is 65.6 Å². The van der Waals surface area contributed by atoms with Gasteiger partial charge in [-0.1, -0.05) is 41.5 Å². The van der Waals surface area contributed by atoms with Crippen molar-refractivity contribution >= 4 is 81.4 Å². The Balaban J connectivity index is 0.000000739. The van der Waals surface area contributed by atoms with Crippen LogP contribution in [0.3, 0.4) is 0 Å². The number of cyclic esters (lactones) is 2. The first kappa shape index (κ1) is 83.1. The van der Waals surface area contributed by atoms with Crippen LogP contribution in [0.4, 0.5) is 0 Å². The van der Waals surface area contributed by atoms with Gasteiger partial charge in [-0.15, -0.1) is 0 Å². The molecule has 504 valence electrons.